The first-order valence-corrected chi connectivity index (χ1v) is 7.80. The summed E-state index contributed by atoms with van der Waals surface area (Å²) in [6, 6.07) is 4.06. The summed E-state index contributed by atoms with van der Waals surface area (Å²) >= 11 is 6.15. The zero-order chi connectivity index (χ0) is 16.5. The van der Waals surface area contributed by atoms with Gasteiger partial charge in [-0.25, -0.2) is 0 Å². The van der Waals surface area contributed by atoms with Gasteiger partial charge in [0.1, 0.15) is 0 Å². The van der Waals surface area contributed by atoms with E-state index in [4.69, 9.17) is 11.6 Å². The number of alkyl halides is 3. The van der Waals surface area contributed by atoms with Crippen LogP contribution in [0, 0.1) is 5.41 Å². The van der Waals surface area contributed by atoms with E-state index in [0.29, 0.717) is 5.56 Å². The van der Waals surface area contributed by atoms with Crippen molar-refractivity contribution in [3.8, 4) is 0 Å². The van der Waals surface area contributed by atoms with E-state index in [1.807, 2.05) is 20.8 Å². The van der Waals surface area contributed by atoms with Crippen LogP contribution in [0.3, 0.4) is 0 Å². The number of nitrogens with one attached hydrogen (secondary N) is 1. The number of halogens is 4. The van der Waals surface area contributed by atoms with Gasteiger partial charge >= 0.3 is 6.18 Å². The standard InChI is InChI=1S/C16H22ClF3N2/c1-15(2,3)14(22-9-7-21-8-10-22)11-5-4-6-12(13(11)17)16(18,19)20/h4-6,14,21H,7-10H2,1-3H3/t14-/m1/s1. The largest absolute Gasteiger partial charge is 0.417 e. The fourth-order valence-corrected chi connectivity index (χ4v) is 3.47. The summed E-state index contributed by atoms with van der Waals surface area (Å²) in [6.07, 6.45) is -4.43. The highest BCUT2D eigenvalue weighted by Gasteiger charge is 2.38. The lowest BCUT2D eigenvalue weighted by molar-refractivity contribution is -0.137. The van der Waals surface area contributed by atoms with E-state index in [9.17, 15) is 13.2 Å². The fourth-order valence-electron chi connectivity index (χ4n) is 3.13. The zero-order valence-electron chi connectivity index (χ0n) is 13.1. The molecule has 6 heteroatoms. The molecule has 0 spiro atoms. The Bertz CT molecular complexity index is 517. The molecule has 1 heterocycles. The Morgan fingerprint density at radius 3 is 2.23 bits per heavy atom. The maximum absolute atomic E-state index is 13.1. The maximum Gasteiger partial charge on any atom is 0.417 e. The molecule has 0 radical (unpaired) electrons. The van der Waals surface area contributed by atoms with E-state index in [1.165, 1.54) is 6.07 Å². The van der Waals surface area contributed by atoms with Crippen molar-refractivity contribution in [1.29, 1.82) is 0 Å². The first kappa shape index (κ1) is 17.6. The predicted octanol–water partition coefficient (Wildman–Crippen LogP) is 4.35. The van der Waals surface area contributed by atoms with Crippen LogP contribution in [0.4, 0.5) is 13.2 Å². The van der Waals surface area contributed by atoms with E-state index in [0.717, 1.165) is 32.2 Å². The zero-order valence-corrected chi connectivity index (χ0v) is 13.9. The second-order valence-corrected chi connectivity index (χ2v) is 7.14. The number of hydrogen-bond donors (Lipinski definition) is 1. The highest BCUT2D eigenvalue weighted by Crippen LogP contribution is 2.44. The molecular weight excluding hydrogens is 313 g/mol. The van der Waals surface area contributed by atoms with Crippen molar-refractivity contribution in [3.05, 3.63) is 34.3 Å². The van der Waals surface area contributed by atoms with Crippen molar-refractivity contribution in [3.63, 3.8) is 0 Å². The number of benzene rings is 1. The number of nitrogens with zero attached hydrogens (tertiary/aromatic N) is 1. The summed E-state index contributed by atoms with van der Waals surface area (Å²) < 4.78 is 39.4. The number of piperazine rings is 1. The molecule has 0 aliphatic carbocycles. The Morgan fingerprint density at radius 1 is 1.14 bits per heavy atom. The fraction of sp³-hybridized carbons (Fsp3) is 0.625. The van der Waals surface area contributed by atoms with Gasteiger partial charge in [-0.05, 0) is 17.0 Å². The summed E-state index contributed by atoms with van der Waals surface area (Å²) in [6.45, 7) is 9.39. The topological polar surface area (TPSA) is 15.3 Å². The van der Waals surface area contributed by atoms with Crippen molar-refractivity contribution < 1.29 is 13.2 Å². The Labute approximate surface area is 134 Å². The highest BCUT2D eigenvalue weighted by atomic mass is 35.5. The minimum absolute atomic E-state index is 0.149. The highest BCUT2D eigenvalue weighted by molar-refractivity contribution is 6.32. The van der Waals surface area contributed by atoms with Gasteiger partial charge in [0.15, 0.2) is 0 Å². The molecule has 0 bridgehead atoms. The van der Waals surface area contributed by atoms with E-state index in [1.54, 1.807) is 6.07 Å². The molecule has 0 amide bonds. The monoisotopic (exact) mass is 334 g/mol. The van der Waals surface area contributed by atoms with Gasteiger partial charge in [-0.1, -0.05) is 44.5 Å². The van der Waals surface area contributed by atoms with Crippen LogP contribution in [-0.4, -0.2) is 31.1 Å². The average Bonchev–Trinajstić information content (AvgIpc) is 2.39. The molecule has 1 fully saturated rings. The van der Waals surface area contributed by atoms with Gasteiger partial charge in [0.05, 0.1) is 10.6 Å². The summed E-state index contributed by atoms with van der Waals surface area (Å²) in [5.41, 5.74) is -0.410. The van der Waals surface area contributed by atoms with Crippen LogP contribution < -0.4 is 5.32 Å². The smallest absolute Gasteiger partial charge is 0.314 e. The summed E-state index contributed by atoms with van der Waals surface area (Å²) in [5.74, 6) is 0. The van der Waals surface area contributed by atoms with Crippen molar-refractivity contribution in [2.75, 3.05) is 26.2 Å². The molecule has 0 aromatic heterocycles. The Hall–Kier alpha value is -0.780. The van der Waals surface area contributed by atoms with Gasteiger partial charge < -0.3 is 5.32 Å². The summed E-state index contributed by atoms with van der Waals surface area (Å²) in [5, 5.41) is 3.10. The Kier molecular flexibility index (Phi) is 5.09. The molecular formula is C16H22ClF3N2. The van der Waals surface area contributed by atoms with Gasteiger partial charge in [0.2, 0.25) is 0 Å². The average molecular weight is 335 g/mol. The first-order chi connectivity index (χ1) is 10.1. The lowest BCUT2D eigenvalue weighted by Gasteiger charge is -2.43. The van der Waals surface area contributed by atoms with Crippen LogP contribution in [0.15, 0.2) is 18.2 Å². The lowest BCUT2D eigenvalue weighted by atomic mass is 9.80. The quantitative estimate of drug-likeness (QED) is 0.865. The van der Waals surface area contributed by atoms with E-state index in [-0.39, 0.29) is 16.5 Å². The van der Waals surface area contributed by atoms with Crippen LogP contribution >= 0.6 is 11.6 Å². The second-order valence-electron chi connectivity index (χ2n) is 6.76. The molecule has 1 aliphatic rings. The van der Waals surface area contributed by atoms with Gasteiger partial charge in [0.25, 0.3) is 0 Å². The first-order valence-electron chi connectivity index (χ1n) is 7.43. The van der Waals surface area contributed by atoms with Crippen LogP contribution in [0.1, 0.15) is 37.9 Å². The second kappa shape index (κ2) is 6.38. The van der Waals surface area contributed by atoms with Crippen LogP contribution in [0.25, 0.3) is 0 Å². The third-order valence-corrected chi connectivity index (χ3v) is 4.39. The molecule has 1 aromatic rings. The Morgan fingerprint density at radius 2 is 1.73 bits per heavy atom. The summed E-state index contributed by atoms with van der Waals surface area (Å²) in [4.78, 5) is 2.22. The van der Waals surface area contributed by atoms with Gasteiger partial charge in [-0.15, -0.1) is 0 Å². The van der Waals surface area contributed by atoms with E-state index >= 15 is 0 Å². The lowest BCUT2D eigenvalue weighted by Crippen LogP contribution is -2.48. The van der Waals surface area contributed by atoms with Crippen molar-refractivity contribution in [2.45, 2.75) is 33.0 Å². The molecule has 1 aliphatic heterocycles. The molecule has 0 unspecified atom stereocenters. The van der Waals surface area contributed by atoms with Crippen LogP contribution in [-0.2, 0) is 6.18 Å². The molecule has 1 N–H and O–H groups in total. The Balaban J connectivity index is 2.48. The molecule has 2 rings (SSSR count). The number of hydrogen-bond acceptors (Lipinski definition) is 2. The predicted molar refractivity (Wildman–Crippen MR) is 83.1 cm³/mol. The maximum atomic E-state index is 13.1. The minimum atomic E-state index is -4.43. The van der Waals surface area contributed by atoms with Gasteiger partial charge in [0, 0.05) is 32.2 Å². The van der Waals surface area contributed by atoms with E-state index in [2.05, 4.69) is 10.2 Å². The molecule has 124 valence electrons. The molecule has 0 saturated carbocycles. The minimum Gasteiger partial charge on any atom is -0.314 e. The molecule has 1 aromatic carbocycles. The molecule has 1 atom stereocenters. The van der Waals surface area contributed by atoms with Crippen LogP contribution in [0.5, 0.6) is 0 Å². The number of rotatable bonds is 2. The molecule has 1 saturated heterocycles. The van der Waals surface area contributed by atoms with Crippen molar-refractivity contribution in [1.82, 2.24) is 10.2 Å². The van der Waals surface area contributed by atoms with Crippen molar-refractivity contribution in [2.24, 2.45) is 5.41 Å². The van der Waals surface area contributed by atoms with E-state index < -0.39 is 11.7 Å². The van der Waals surface area contributed by atoms with Gasteiger partial charge in [-0.2, -0.15) is 13.2 Å². The third kappa shape index (κ3) is 3.76. The third-order valence-electron chi connectivity index (χ3n) is 3.97. The van der Waals surface area contributed by atoms with Crippen molar-refractivity contribution >= 4 is 11.6 Å². The van der Waals surface area contributed by atoms with Gasteiger partial charge in [-0.3, -0.25) is 4.90 Å². The molecule has 2 nitrogen and oxygen atoms in total. The summed E-state index contributed by atoms with van der Waals surface area (Å²) in [7, 11) is 0. The normalized spacial score (nSPS) is 19.2. The van der Waals surface area contributed by atoms with Crippen LogP contribution in [0.2, 0.25) is 5.02 Å². The molecule has 22 heavy (non-hydrogen) atoms. The SMILES string of the molecule is CC(C)(C)[C@@H](c1cccc(C(F)(F)F)c1Cl)N1CCNCC1.